The number of halogens is 1. The van der Waals surface area contributed by atoms with Gasteiger partial charge in [0, 0.05) is 19.2 Å². The topological polar surface area (TPSA) is 122 Å². The van der Waals surface area contributed by atoms with Crippen molar-refractivity contribution in [3.05, 3.63) is 26.8 Å². The van der Waals surface area contributed by atoms with Crippen LogP contribution in [0.15, 0.2) is 6.07 Å². The van der Waals surface area contributed by atoms with Gasteiger partial charge in [-0.1, -0.05) is 25.4 Å². The fraction of sp³-hybridized carbons (Fsp3) is 0.467. The number of nitrogens with zero attached hydrogens (tertiary/aromatic N) is 2. The SMILES string of the molecule is CCCN(CCC)C(=O)NC(=O)c1c(Cl)cc(OC)c(O)c1[N+](=O)[O-]. The predicted molar refractivity (Wildman–Crippen MR) is 91.3 cm³/mol. The van der Waals surface area contributed by atoms with Gasteiger partial charge in [0.25, 0.3) is 5.91 Å². The summed E-state index contributed by atoms with van der Waals surface area (Å²) >= 11 is 5.93. The van der Waals surface area contributed by atoms with Crippen LogP contribution in [0.1, 0.15) is 37.0 Å². The van der Waals surface area contributed by atoms with Gasteiger partial charge in [-0.15, -0.1) is 0 Å². The summed E-state index contributed by atoms with van der Waals surface area (Å²) in [5.74, 6) is -2.16. The molecule has 0 heterocycles. The van der Waals surface area contributed by atoms with Crippen molar-refractivity contribution in [2.45, 2.75) is 26.7 Å². The van der Waals surface area contributed by atoms with E-state index in [9.17, 15) is 24.8 Å². The highest BCUT2D eigenvalue weighted by atomic mass is 35.5. The summed E-state index contributed by atoms with van der Waals surface area (Å²) < 4.78 is 4.79. The summed E-state index contributed by atoms with van der Waals surface area (Å²) in [7, 11) is 1.19. The van der Waals surface area contributed by atoms with E-state index in [-0.39, 0.29) is 10.8 Å². The third kappa shape index (κ3) is 4.72. The Morgan fingerprint density at radius 3 is 2.36 bits per heavy atom. The highest BCUT2D eigenvalue weighted by molar-refractivity contribution is 6.35. The van der Waals surface area contributed by atoms with E-state index >= 15 is 0 Å². The van der Waals surface area contributed by atoms with Gasteiger partial charge in [0.05, 0.1) is 17.1 Å². The Bertz CT molecular complexity index is 674. The van der Waals surface area contributed by atoms with Gasteiger partial charge >= 0.3 is 11.7 Å². The molecule has 25 heavy (non-hydrogen) atoms. The second kappa shape index (κ2) is 9.07. The maximum atomic E-state index is 12.4. The summed E-state index contributed by atoms with van der Waals surface area (Å²) in [6, 6.07) is 0.383. The Morgan fingerprint density at radius 2 is 1.92 bits per heavy atom. The van der Waals surface area contributed by atoms with E-state index in [4.69, 9.17) is 16.3 Å². The molecule has 0 saturated heterocycles. The van der Waals surface area contributed by atoms with Crippen LogP contribution in [0.4, 0.5) is 10.5 Å². The number of carbonyl (C=O) groups is 2. The van der Waals surface area contributed by atoms with Crippen LogP contribution in [-0.4, -0.2) is 47.1 Å². The van der Waals surface area contributed by atoms with Crippen molar-refractivity contribution < 1.29 is 24.4 Å². The molecule has 1 aromatic carbocycles. The van der Waals surface area contributed by atoms with Crippen LogP contribution in [0.25, 0.3) is 0 Å². The lowest BCUT2D eigenvalue weighted by Gasteiger charge is -2.21. The van der Waals surface area contributed by atoms with E-state index in [0.29, 0.717) is 25.9 Å². The predicted octanol–water partition coefficient (Wildman–Crippen LogP) is 2.93. The minimum absolute atomic E-state index is 0.252. The standard InChI is InChI=1S/C15H20ClN3O6/c1-4-6-18(7-5-2)15(22)17-14(21)11-9(16)8-10(25-3)13(20)12(11)19(23)24/h8,20H,4-7H2,1-3H3,(H,17,21,22). The van der Waals surface area contributed by atoms with Crippen molar-refractivity contribution in [1.29, 1.82) is 0 Å². The Labute approximate surface area is 149 Å². The Kier molecular flexibility index (Phi) is 7.43. The molecule has 1 rings (SSSR count). The molecule has 2 N–H and O–H groups in total. The number of hydrogen-bond donors (Lipinski definition) is 2. The lowest BCUT2D eigenvalue weighted by Crippen LogP contribution is -2.43. The smallest absolute Gasteiger partial charge is 0.328 e. The summed E-state index contributed by atoms with van der Waals surface area (Å²) in [6.45, 7) is 4.61. The third-order valence-corrected chi connectivity index (χ3v) is 3.61. The number of hydrogen-bond acceptors (Lipinski definition) is 6. The van der Waals surface area contributed by atoms with Crippen molar-refractivity contribution in [2.75, 3.05) is 20.2 Å². The molecule has 138 valence electrons. The maximum absolute atomic E-state index is 12.4. The van der Waals surface area contributed by atoms with Crippen molar-refractivity contribution in [1.82, 2.24) is 10.2 Å². The molecule has 10 heteroatoms. The second-order valence-electron chi connectivity index (χ2n) is 5.14. The number of urea groups is 1. The van der Waals surface area contributed by atoms with Crippen LogP contribution < -0.4 is 10.1 Å². The molecule has 0 aliphatic rings. The van der Waals surface area contributed by atoms with Gasteiger partial charge in [0.15, 0.2) is 5.75 Å². The maximum Gasteiger partial charge on any atom is 0.328 e. The number of methoxy groups -OCH3 is 1. The van der Waals surface area contributed by atoms with Crippen LogP contribution >= 0.6 is 11.6 Å². The molecule has 0 unspecified atom stereocenters. The lowest BCUT2D eigenvalue weighted by molar-refractivity contribution is -0.386. The van der Waals surface area contributed by atoms with E-state index in [1.165, 1.54) is 12.0 Å². The molecule has 3 amide bonds. The molecular weight excluding hydrogens is 354 g/mol. The molecule has 0 aromatic heterocycles. The zero-order chi connectivity index (χ0) is 19.1. The first kappa shape index (κ1) is 20.5. The van der Waals surface area contributed by atoms with Crippen molar-refractivity contribution in [3.63, 3.8) is 0 Å². The third-order valence-electron chi connectivity index (χ3n) is 3.32. The van der Waals surface area contributed by atoms with E-state index in [1.807, 2.05) is 13.8 Å². The molecule has 0 saturated carbocycles. The minimum Gasteiger partial charge on any atom is -0.499 e. The van der Waals surface area contributed by atoms with Crippen LogP contribution in [0.5, 0.6) is 11.5 Å². The molecule has 0 bridgehead atoms. The Balaban J connectivity index is 3.23. The van der Waals surface area contributed by atoms with Gasteiger partial charge in [0.2, 0.25) is 5.75 Å². The Hall–Kier alpha value is -2.55. The molecular formula is C15H20ClN3O6. The Morgan fingerprint density at radius 1 is 1.36 bits per heavy atom. The fourth-order valence-electron chi connectivity index (χ4n) is 2.25. The van der Waals surface area contributed by atoms with E-state index in [1.54, 1.807) is 0 Å². The van der Waals surface area contributed by atoms with Crippen molar-refractivity contribution in [2.24, 2.45) is 0 Å². The number of carbonyl (C=O) groups excluding carboxylic acids is 2. The zero-order valence-corrected chi connectivity index (χ0v) is 14.9. The van der Waals surface area contributed by atoms with Gasteiger partial charge in [0.1, 0.15) is 5.56 Å². The molecule has 9 nitrogen and oxygen atoms in total. The monoisotopic (exact) mass is 373 g/mol. The number of phenols is 1. The van der Waals surface area contributed by atoms with Gasteiger partial charge in [-0.2, -0.15) is 0 Å². The first-order valence-corrected chi connectivity index (χ1v) is 8.00. The molecule has 0 fully saturated rings. The van der Waals surface area contributed by atoms with Gasteiger partial charge in [-0.05, 0) is 12.8 Å². The van der Waals surface area contributed by atoms with Crippen LogP contribution in [0.3, 0.4) is 0 Å². The van der Waals surface area contributed by atoms with E-state index in [0.717, 1.165) is 6.07 Å². The average molecular weight is 374 g/mol. The molecule has 0 aliphatic heterocycles. The van der Waals surface area contributed by atoms with Gasteiger partial charge in [-0.25, -0.2) is 4.79 Å². The van der Waals surface area contributed by atoms with Gasteiger partial charge in [-0.3, -0.25) is 20.2 Å². The number of phenolic OH excluding ortho intramolecular Hbond substituents is 1. The zero-order valence-electron chi connectivity index (χ0n) is 14.2. The normalized spacial score (nSPS) is 10.2. The number of benzene rings is 1. The largest absolute Gasteiger partial charge is 0.499 e. The molecule has 0 atom stereocenters. The van der Waals surface area contributed by atoms with Crippen LogP contribution in [0.2, 0.25) is 5.02 Å². The summed E-state index contributed by atoms with van der Waals surface area (Å²) in [4.78, 5) is 36.3. The number of nitro groups is 1. The lowest BCUT2D eigenvalue weighted by atomic mass is 10.1. The van der Waals surface area contributed by atoms with Gasteiger partial charge < -0.3 is 14.7 Å². The highest BCUT2D eigenvalue weighted by Crippen LogP contribution is 2.42. The fourth-order valence-corrected chi connectivity index (χ4v) is 2.52. The average Bonchev–Trinajstić information content (AvgIpc) is 2.55. The highest BCUT2D eigenvalue weighted by Gasteiger charge is 2.32. The number of aromatic hydroxyl groups is 1. The number of ether oxygens (including phenoxy) is 1. The van der Waals surface area contributed by atoms with Crippen molar-refractivity contribution >= 4 is 29.2 Å². The number of rotatable bonds is 7. The van der Waals surface area contributed by atoms with E-state index in [2.05, 4.69) is 5.32 Å². The number of imide groups is 1. The van der Waals surface area contributed by atoms with Crippen LogP contribution in [0, 0.1) is 10.1 Å². The summed E-state index contributed by atoms with van der Waals surface area (Å²) in [5, 5.41) is 22.9. The number of nitrogens with one attached hydrogen (secondary N) is 1. The summed E-state index contributed by atoms with van der Waals surface area (Å²) in [5.41, 5.74) is -1.53. The van der Waals surface area contributed by atoms with Crippen LogP contribution in [-0.2, 0) is 0 Å². The number of nitro benzene ring substituents is 1. The van der Waals surface area contributed by atoms with E-state index < -0.39 is 33.9 Å². The molecule has 1 aromatic rings. The quantitative estimate of drug-likeness (QED) is 0.559. The first-order chi connectivity index (χ1) is 11.8. The molecule has 0 radical (unpaired) electrons. The minimum atomic E-state index is -1.07. The number of amides is 3. The summed E-state index contributed by atoms with van der Waals surface area (Å²) in [6.07, 6.45) is 1.37. The molecule has 0 spiro atoms. The van der Waals surface area contributed by atoms with Crippen molar-refractivity contribution in [3.8, 4) is 11.5 Å². The molecule has 0 aliphatic carbocycles. The second-order valence-corrected chi connectivity index (χ2v) is 5.54. The first-order valence-electron chi connectivity index (χ1n) is 7.62.